The summed E-state index contributed by atoms with van der Waals surface area (Å²) in [5, 5.41) is 0. The molecule has 0 radical (unpaired) electrons. The second-order valence-corrected chi connectivity index (χ2v) is 12.0. The number of anilines is 6. The van der Waals surface area contributed by atoms with Crippen LogP contribution in [0.5, 0.6) is 0 Å². The first-order valence-electron chi connectivity index (χ1n) is 13.9. The number of rotatable bonds is 2. The zero-order chi connectivity index (χ0) is 26.9. The Kier molecular flexibility index (Phi) is 5.28. The molecule has 190 valence electrons. The highest BCUT2D eigenvalue weighted by Crippen LogP contribution is 2.46. The van der Waals surface area contributed by atoms with Gasteiger partial charge in [0.05, 0.1) is 0 Å². The summed E-state index contributed by atoms with van der Waals surface area (Å²) in [5.41, 5.74) is 15.6. The lowest BCUT2D eigenvalue weighted by molar-refractivity contribution is 0.590. The number of nitrogens with zero attached hydrogens (tertiary/aromatic N) is 2. The Balaban J connectivity index is 1.66. The van der Waals surface area contributed by atoms with Crippen molar-refractivity contribution in [3.8, 4) is 0 Å². The van der Waals surface area contributed by atoms with Crippen LogP contribution in [0.2, 0.25) is 0 Å². The third kappa shape index (κ3) is 3.56. The predicted molar refractivity (Wildman–Crippen MR) is 169 cm³/mol. The quantitative estimate of drug-likeness (QED) is 0.223. The minimum absolute atomic E-state index is 0.0102. The molecular weight excluding hydrogens is 471 g/mol. The summed E-state index contributed by atoms with van der Waals surface area (Å²) >= 11 is 0. The van der Waals surface area contributed by atoms with Crippen LogP contribution in [0.1, 0.15) is 37.5 Å². The topological polar surface area (TPSA) is 6.48 Å². The Morgan fingerprint density at radius 2 is 1.13 bits per heavy atom. The van der Waals surface area contributed by atoms with Crippen LogP contribution in [0, 0.1) is 13.8 Å². The Morgan fingerprint density at radius 1 is 0.538 bits per heavy atom. The van der Waals surface area contributed by atoms with Crippen molar-refractivity contribution < 1.29 is 0 Å². The van der Waals surface area contributed by atoms with E-state index in [0.29, 0.717) is 0 Å². The van der Waals surface area contributed by atoms with Crippen LogP contribution in [-0.4, -0.2) is 6.71 Å². The molecule has 0 aromatic heterocycles. The zero-order valence-corrected chi connectivity index (χ0v) is 23.4. The molecule has 0 bridgehead atoms. The molecule has 39 heavy (non-hydrogen) atoms. The summed E-state index contributed by atoms with van der Waals surface area (Å²) in [6, 6.07) is 40.4. The fraction of sp³-hybridized carbons (Fsp3) is 0.167. The summed E-state index contributed by atoms with van der Waals surface area (Å²) in [5.74, 6) is 0. The summed E-state index contributed by atoms with van der Waals surface area (Å²) in [6.07, 6.45) is 0. The molecule has 2 aliphatic rings. The van der Waals surface area contributed by atoms with Crippen molar-refractivity contribution in [3.63, 3.8) is 0 Å². The first kappa shape index (κ1) is 23.9. The van der Waals surface area contributed by atoms with Gasteiger partial charge in [0.1, 0.15) is 0 Å². The summed E-state index contributed by atoms with van der Waals surface area (Å²) < 4.78 is 0. The van der Waals surface area contributed by atoms with E-state index in [4.69, 9.17) is 0 Å². The van der Waals surface area contributed by atoms with Crippen LogP contribution in [0.15, 0.2) is 109 Å². The number of hydrogen-bond acceptors (Lipinski definition) is 2. The highest BCUT2D eigenvalue weighted by Gasteiger charge is 2.44. The minimum atomic E-state index is -0.0102. The number of benzene rings is 5. The van der Waals surface area contributed by atoms with Crippen molar-refractivity contribution in [2.45, 2.75) is 40.0 Å². The Hall–Kier alpha value is -4.24. The molecule has 0 aliphatic carbocycles. The Morgan fingerprint density at radius 3 is 1.85 bits per heavy atom. The van der Waals surface area contributed by atoms with E-state index < -0.39 is 0 Å². The molecule has 3 heteroatoms. The van der Waals surface area contributed by atoms with E-state index in [0.717, 1.165) is 0 Å². The molecule has 0 saturated heterocycles. The normalized spacial score (nSPS) is 13.6. The van der Waals surface area contributed by atoms with Crippen molar-refractivity contribution in [1.82, 2.24) is 0 Å². The van der Waals surface area contributed by atoms with E-state index in [1.54, 1.807) is 0 Å². The average molecular weight is 504 g/mol. The molecule has 2 nitrogen and oxygen atoms in total. The molecule has 5 aromatic carbocycles. The highest BCUT2D eigenvalue weighted by molar-refractivity contribution is 7.00. The largest absolute Gasteiger partial charge is 0.311 e. The van der Waals surface area contributed by atoms with Crippen molar-refractivity contribution >= 4 is 57.2 Å². The summed E-state index contributed by atoms with van der Waals surface area (Å²) in [4.78, 5) is 5.03. The third-order valence-corrected chi connectivity index (χ3v) is 8.44. The van der Waals surface area contributed by atoms with Gasteiger partial charge >= 0.3 is 0 Å². The number of aryl methyl sites for hydroxylation is 2. The van der Waals surface area contributed by atoms with Crippen molar-refractivity contribution in [2.24, 2.45) is 0 Å². The maximum atomic E-state index is 2.54. The standard InChI is InChI=1S/C36H33BN2/c1-24-14-9-11-20-30(24)39-33-23-26(36(3,4)5)22-32-34(33)37(29-19-13-15-25(2)35(29)39)28-18-10-12-21-31(28)38(32)27-16-7-6-8-17-27/h6-23H,1-5H3. The van der Waals surface area contributed by atoms with Crippen LogP contribution in [0.25, 0.3) is 0 Å². The monoisotopic (exact) mass is 504 g/mol. The van der Waals surface area contributed by atoms with E-state index >= 15 is 0 Å². The SMILES string of the molecule is Cc1ccccc1N1c2cc(C(C)(C)C)cc3c2B(c2ccccc2N3c2ccccc2)c2cccc(C)c21. The summed E-state index contributed by atoms with van der Waals surface area (Å²) in [6.45, 7) is 11.6. The maximum Gasteiger partial charge on any atom is 0.252 e. The Labute approximate surface area is 232 Å². The fourth-order valence-electron chi connectivity index (χ4n) is 6.53. The van der Waals surface area contributed by atoms with Crippen LogP contribution in [0.4, 0.5) is 34.1 Å². The van der Waals surface area contributed by atoms with Gasteiger partial charge in [0.15, 0.2) is 0 Å². The fourth-order valence-corrected chi connectivity index (χ4v) is 6.53. The first-order valence-corrected chi connectivity index (χ1v) is 13.9. The molecule has 2 heterocycles. The molecular formula is C36H33BN2. The molecule has 0 fully saturated rings. The van der Waals surface area contributed by atoms with Gasteiger partial charge in [0, 0.05) is 34.1 Å². The molecule has 0 spiro atoms. The van der Waals surface area contributed by atoms with Crippen molar-refractivity contribution in [2.75, 3.05) is 9.80 Å². The van der Waals surface area contributed by atoms with Gasteiger partial charge < -0.3 is 9.80 Å². The predicted octanol–water partition coefficient (Wildman–Crippen LogP) is 7.68. The second-order valence-electron chi connectivity index (χ2n) is 12.0. The first-order chi connectivity index (χ1) is 18.8. The van der Waals surface area contributed by atoms with Gasteiger partial charge in [-0.25, -0.2) is 0 Å². The average Bonchev–Trinajstić information content (AvgIpc) is 2.93. The second kappa shape index (κ2) is 8.64. The summed E-state index contributed by atoms with van der Waals surface area (Å²) in [7, 11) is 0. The van der Waals surface area contributed by atoms with Gasteiger partial charge in [0.25, 0.3) is 6.71 Å². The molecule has 5 aromatic rings. The van der Waals surface area contributed by atoms with Crippen molar-refractivity contribution in [3.05, 3.63) is 126 Å². The van der Waals surface area contributed by atoms with E-state index in [-0.39, 0.29) is 12.1 Å². The van der Waals surface area contributed by atoms with E-state index in [1.807, 2.05) is 0 Å². The lowest BCUT2D eigenvalue weighted by Gasteiger charge is -2.45. The van der Waals surface area contributed by atoms with Crippen LogP contribution in [-0.2, 0) is 5.41 Å². The molecule has 7 rings (SSSR count). The number of para-hydroxylation sites is 4. The molecule has 2 aliphatic heterocycles. The van der Waals surface area contributed by atoms with E-state index in [2.05, 4.69) is 154 Å². The van der Waals surface area contributed by atoms with Crippen LogP contribution in [0.3, 0.4) is 0 Å². The van der Waals surface area contributed by atoms with Gasteiger partial charge in [-0.3, -0.25) is 0 Å². The Bertz CT molecular complexity index is 1730. The van der Waals surface area contributed by atoms with E-state index in [1.165, 1.54) is 67.2 Å². The van der Waals surface area contributed by atoms with Gasteiger partial charge in [-0.15, -0.1) is 0 Å². The zero-order valence-electron chi connectivity index (χ0n) is 23.4. The lowest BCUT2D eigenvalue weighted by atomic mass is 9.33. The molecule has 0 unspecified atom stereocenters. The smallest absolute Gasteiger partial charge is 0.252 e. The lowest BCUT2D eigenvalue weighted by Crippen LogP contribution is -2.61. The maximum absolute atomic E-state index is 2.54. The molecule has 0 atom stereocenters. The molecule has 0 N–H and O–H groups in total. The highest BCUT2D eigenvalue weighted by atomic mass is 15.2. The van der Waals surface area contributed by atoms with Gasteiger partial charge in [-0.2, -0.15) is 0 Å². The molecule has 0 amide bonds. The van der Waals surface area contributed by atoms with Crippen molar-refractivity contribution in [1.29, 1.82) is 0 Å². The minimum Gasteiger partial charge on any atom is -0.311 e. The van der Waals surface area contributed by atoms with Crippen LogP contribution >= 0.6 is 0 Å². The van der Waals surface area contributed by atoms with Gasteiger partial charge in [0.2, 0.25) is 0 Å². The number of hydrogen-bond donors (Lipinski definition) is 0. The third-order valence-electron chi connectivity index (χ3n) is 8.44. The number of fused-ring (bicyclic) bond motifs is 4. The van der Waals surface area contributed by atoms with E-state index in [9.17, 15) is 0 Å². The van der Waals surface area contributed by atoms with Crippen LogP contribution < -0.4 is 26.2 Å². The van der Waals surface area contributed by atoms with Gasteiger partial charge in [-0.05, 0) is 88.7 Å². The molecule has 0 saturated carbocycles. The van der Waals surface area contributed by atoms with Gasteiger partial charge in [-0.1, -0.05) is 93.6 Å².